The molecule has 11 nitrogen and oxygen atoms in total. The summed E-state index contributed by atoms with van der Waals surface area (Å²) in [5, 5.41) is 24.3. The number of unbranched alkanes of at least 4 members (excludes halogenated alkanes) is 2. The van der Waals surface area contributed by atoms with Crippen molar-refractivity contribution in [2.75, 3.05) is 53.4 Å². The molecule has 6 atom stereocenters. The van der Waals surface area contributed by atoms with Crippen molar-refractivity contribution in [3.8, 4) is 17.2 Å². The molecule has 0 spiro atoms. The van der Waals surface area contributed by atoms with E-state index < -0.39 is 23.8 Å². The number of aliphatic hydroxyl groups is 2. The second-order valence-electron chi connectivity index (χ2n) is 15.0. The molecule has 2 N–H and O–H groups in total. The van der Waals surface area contributed by atoms with E-state index in [0.29, 0.717) is 36.7 Å². The van der Waals surface area contributed by atoms with E-state index in [1.807, 2.05) is 73.0 Å². The summed E-state index contributed by atoms with van der Waals surface area (Å²) in [7, 11) is 3.24. The molecule has 312 valence electrons. The zero-order valence-electron chi connectivity index (χ0n) is 33.9. The number of carbonyl (C=O) groups is 1. The smallest absolute Gasteiger partial charge is 0.410 e. The van der Waals surface area contributed by atoms with E-state index in [9.17, 15) is 15.0 Å². The third kappa shape index (κ3) is 9.92. The van der Waals surface area contributed by atoms with Crippen molar-refractivity contribution in [1.82, 2.24) is 4.90 Å². The van der Waals surface area contributed by atoms with Crippen LogP contribution in [-0.4, -0.2) is 92.2 Å². The summed E-state index contributed by atoms with van der Waals surface area (Å²) in [6.07, 6.45) is 10.5. The molecule has 0 radical (unpaired) electrons. The first kappa shape index (κ1) is 43.3. The maximum absolute atomic E-state index is 14.0. The Hall–Kier alpha value is -4.33. The van der Waals surface area contributed by atoms with Gasteiger partial charge in [-0.1, -0.05) is 60.5 Å². The molecule has 3 aromatic carbocycles. The molecule has 2 aliphatic carbocycles. The molecule has 1 saturated carbocycles. The average molecular weight is 815 g/mol. The summed E-state index contributed by atoms with van der Waals surface area (Å²) in [6.45, 7) is 5.08. The number of likely N-dealkylation sites (N-methyl/N-ethyl adjacent to an activating group) is 1. The van der Waals surface area contributed by atoms with Gasteiger partial charge in [-0.25, -0.2) is 4.79 Å². The summed E-state index contributed by atoms with van der Waals surface area (Å²) in [5.41, 5.74) is 3.68. The third-order valence-electron chi connectivity index (χ3n) is 11.5. The average Bonchev–Trinajstić information content (AvgIpc) is 3.25. The van der Waals surface area contributed by atoms with Crippen LogP contribution in [0.1, 0.15) is 62.0 Å². The first-order valence-electron chi connectivity index (χ1n) is 20.3. The highest BCUT2D eigenvalue weighted by atomic mass is 32.2. The number of thioether (sulfide) groups is 1. The number of oxime groups is 1. The fourth-order valence-electron chi connectivity index (χ4n) is 8.86. The van der Waals surface area contributed by atoms with Crippen LogP contribution < -0.4 is 9.47 Å². The SMILES string of the molecule is C=CCO[C@@]12Oc3ccc(Oc4ccc(SC)cc4)cc3[C@H]3[C@H](CCCCO)[C@@H](CCCCO)C=C(C(=NOC)C[C@@H]1N(C)C(=O)OCCOCc1ccccc1)[C@H]32. The van der Waals surface area contributed by atoms with Gasteiger partial charge in [-0.15, -0.1) is 18.3 Å². The van der Waals surface area contributed by atoms with E-state index in [0.717, 1.165) is 53.0 Å². The third-order valence-corrected chi connectivity index (χ3v) is 12.2. The minimum atomic E-state index is -1.37. The molecule has 1 aliphatic heterocycles. The number of carbonyl (C=O) groups excluding carboxylic acids is 1. The number of fused-ring (bicyclic) bond motifs is 2. The van der Waals surface area contributed by atoms with Gasteiger partial charge in [0.2, 0.25) is 5.79 Å². The Kier molecular flexibility index (Phi) is 15.7. The van der Waals surface area contributed by atoms with Crippen molar-refractivity contribution in [2.45, 2.75) is 74.2 Å². The van der Waals surface area contributed by atoms with Crippen LogP contribution in [0.2, 0.25) is 0 Å². The predicted octanol–water partition coefficient (Wildman–Crippen LogP) is 8.75. The van der Waals surface area contributed by atoms with Gasteiger partial charge in [0.15, 0.2) is 0 Å². The molecule has 0 saturated heterocycles. The van der Waals surface area contributed by atoms with Crippen molar-refractivity contribution in [3.05, 3.63) is 108 Å². The monoisotopic (exact) mass is 814 g/mol. The number of nitrogens with zero attached hydrogens (tertiary/aromatic N) is 2. The van der Waals surface area contributed by atoms with Crippen LogP contribution in [-0.2, 0) is 25.7 Å². The summed E-state index contributed by atoms with van der Waals surface area (Å²) < 4.78 is 32.2. The van der Waals surface area contributed by atoms with Gasteiger partial charge in [0.1, 0.15) is 37.0 Å². The van der Waals surface area contributed by atoms with Gasteiger partial charge in [0, 0.05) is 43.1 Å². The van der Waals surface area contributed by atoms with E-state index >= 15 is 0 Å². The zero-order valence-corrected chi connectivity index (χ0v) is 34.7. The largest absolute Gasteiger partial charge is 0.459 e. The lowest BCUT2D eigenvalue weighted by Gasteiger charge is -2.59. The summed E-state index contributed by atoms with van der Waals surface area (Å²) in [5.74, 6) is 0.276. The molecule has 1 heterocycles. The standard InChI is InChI=1S/C46H58N2O9S/c1-5-25-55-46-42(48(2)45(51)54-27-26-53-31-32-13-7-6-8-14-32)30-40(47-52-3)38-28-33(15-9-11-23-49)37(16-10-12-24-50)43(44(38)46)39-29-35(19-22-41(39)57-46)56-34-17-20-36(58-4)21-18-34/h5-8,13-14,17-22,28-29,33,37,42-44,49-50H,1,9-12,15-16,23-27,30-31H2,2-4H3/t33-,37+,42-,43+,44+,46+/m0/s1. The fourth-order valence-corrected chi connectivity index (χ4v) is 9.27. The Morgan fingerprint density at radius 1 is 1.00 bits per heavy atom. The summed E-state index contributed by atoms with van der Waals surface area (Å²) >= 11 is 1.67. The van der Waals surface area contributed by atoms with Gasteiger partial charge >= 0.3 is 6.09 Å². The van der Waals surface area contributed by atoms with Crippen LogP contribution in [0, 0.1) is 17.8 Å². The number of benzene rings is 3. The molecule has 1 amide bonds. The lowest BCUT2D eigenvalue weighted by Crippen LogP contribution is -2.69. The highest BCUT2D eigenvalue weighted by molar-refractivity contribution is 7.98. The molecule has 6 rings (SSSR count). The van der Waals surface area contributed by atoms with Crippen molar-refractivity contribution < 1.29 is 43.5 Å². The Labute approximate surface area is 347 Å². The lowest BCUT2D eigenvalue weighted by atomic mass is 9.55. The van der Waals surface area contributed by atoms with Crippen LogP contribution in [0.5, 0.6) is 17.2 Å². The predicted molar refractivity (Wildman–Crippen MR) is 225 cm³/mol. The minimum Gasteiger partial charge on any atom is -0.459 e. The number of ether oxygens (including phenoxy) is 5. The molecule has 58 heavy (non-hydrogen) atoms. The molecular weight excluding hydrogens is 757 g/mol. The minimum absolute atomic E-state index is 0.0639. The first-order chi connectivity index (χ1) is 28.4. The zero-order chi connectivity index (χ0) is 40.9. The van der Waals surface area contributed by atoms with E-state index in [1.165, 1.54) is 7.11 Å². The normalized spacial score (nSPS) is 23.8. The second-order valence-corrected chi connectivity index (χ2v) is 15.9. The van der Waals surface area contributed by atoms with Gasteiger partial charge in [-0.3, -0.25) is 0 Å². The molecule has 3 aliphatic rings. The number of allylic oxidation sites excluding steroid dienone is 1. The topological polar surface area (TPSA) is 129 Å². The number of aliphatic hydroxyl groups excluding tert-OH is 2. The van der Waals surface area contributed by atoms with Crippen molar-refractivity contribution >= 4 is 23.6 Å². The second kappa shape index (κ2) is 21.1. The van der Waals surface area contributed by atoms with Crippen LogP contribution in [0.4, 0.5) is 4.79 Å². The first-order valence-corrected chi connectivity index (χ1v) is 21.5. The number of rotatable bonds is 21. The number of amides is 1. The van der Waals surface area contributed by atoms with Gasteiger partial charge in [-0.2, -0.15) is 0 Å². The molecule has 0 unspecified atom stereocenters. The Morgan fingerprint density at radius 2 is 1.74 bits per heavy atom. The van der Waals surface area contributed by atoms with Crippen molar-refractivity contribution in [2.24, 2.45) is 22.9 Å². The molecule has 3 aromatic rings. The number of hydrogen-bond acceptors (Lipinski definition) is 11. The lowest BCUT2D eigenvalue weighted by molar-refractivity contribution is -0.253. The fraction of sp³-hybridized carbons (Fsp3) is 0.478. The van der Waals surface area contributed by atoms with Crippen LogP contribution in [0.3, 0.4) is 0 Å². The van der Waals surface area contributed by atoms with Crippen LogP contribution in [0.15, 0.2) is 107 Å². The molecule has 1 fully saturated rings. The summed E-state index contributed by atoms with van der Waals surface area (Å²) in [6, 6.07) is 23.1. The van der Waals surface area contributed by atoms with Crippen LogP contribution in [0.25, 0.3) is 0 Å². The highest BCUT2D eigenvalue weighted by Crippen LogP contribution is 2.62. The molecule has 12 heteroatoms. The highest BCUT2D eigenvalue weighted by Gasteiger charge is 2.65. The maximum Gasteiger partial charge on any atom is 0.410 e. The van der Waals surface area contributed by atoms with Gasteiger partial charge < -0.3 is 43.6 Å². The Balaban J connectivity index is 1.41. The van der Waals surface area contributed by atoms with Crippen molar-refractivity contribution in [1.29, 1.82) is 0 Å². The van der Waals surface area contributed by atoms with Gasteiger partial charge in [0.05, 0.1) is 31.5 Å². The van der Waals surface area contributed by atoms with Gasteiger partial charge in [-0.05, 0) is 97.4 Å². The van der Waals surface area contributed by atoms with E-state index in [1.54, 1.807) is 29.8 Å². The van der Waals surface area contributed by atoms with E-state index in [2.05, 4.69) is 23.9 Å². The Bertz CT molecular complexity index is 1860. The molecule has 0 bridgehead atoms. The van der Waals surface area contributed by atoms with Crippen LogP contribution >= 0.6 is 11.8 Å². The quantitative estimate of drug-likeness (QED) is 0.0466. The summed E-state index contributed by atoms with van der Waals surface area (Å²) in [4.78, 5) is 22.2. The maximum atomic E-state index is 14.0. The van der Waals surface area contributed by atoms with E-state index in [4.69, 9.17) is 28.5 Å². The van der Waals surface area contributed by atoms with Crippen molar-refractivity contribution in [3.63, 3.8) is 0 Å². The Morgan fingerprint density at radius 3 is 2.45 bits per heavy atom. The molecule has 0 aromatic heterocycles. The molecular formula is C46H58N2O9S. The number of hydrogen-bond donors (Lipinski definition) is 2. The van der Waals surface area contributed by atoms with Gasteiger partial charge in [0.25, 0.3) is 0 Å². The van der Waals surface area contributed by atoms with E-state index in [-0.39, 0.29) is 57.2 Å².